The molecule has 1 rings (SSSR count). The number of hydrogen-bond donors (Lipinski definition) is 0. The second-order valence-corrected chi connectivity index (χ2v) is 4.34. The summed E-state index contributed by atoms with van der Waals surface area (Å²) in [5, 5.41) is 0. The number of rotatable bonds is 5. The summed E-state index contributed by atoms with van der Waals surface area (Å²) in [6, 6.07) is 6.41. The average Bonchev–Trinajstić information content (AvgIpc) is 2.29. The van der Waals surface area contributed by atoms with Crippen LogP contribution in [0.5, 0.6) is 0 Å². The molecule has 0 aromatic heterocycles. The molecule has 0 aliphatic rings. The topological polar surface area (TPSA) is 21.6 Å². The van der Waals surface area contributed by atoms with Gasteiger partial charge in [-0.25, -0.2) is 0 Å². The molecule has 0 saturated heterocycles. The monoisotopic (exact) mass is 243 g/mol. The van der Waals surface area contributed by atoms with E-state index in [1.165, 1.54) is 16.7 Å². The molecule has 82 valence electrons. The van der Waals surface area contributed by atoms with Crippen molar-refractivity contribution >= 4 is 18.4 Å². The van der Waals surface area contributed by atoms with Crippen molar-refractivity contribution in [3.05, 3.63) is 34.9 Å². The fraction of sp³-hybridized carbons (Fsp3) is 0.455. The first-order chi connectivity index (χ1) is 7.69. The fourth-order valence-electron chi connectivity index (χ4n) is 1.47. The van der Waals surface area contributed by atoms with E-state index < -0.39 is 0 Å². The molecule has 0 aliphatic heterocycles. The maximum atomic E-state index is 6.98. The van der Waals surface area contributed by atoms with Crippen LogP contribution in [0.1, 0.15) is 29.5 Å². The molecule has 0 fully saturated rings. The van der Waals surface area contributed by atoms with Crippen LogP contribution in [0.3, 0.4) is 0 Å². The van der Waals surface area contributed by atoms with Crippen molar-refractivity contribution in [3.63, 3.8) is 0 Å². The zero-order valence-corrected chi connectivity index (χ0v) is 11.2. The summed E-state index contributed by atoms with van der Waals surface area (Å²) in [7, 11) is 2.64. The van der Waals surface area contributed by atoms with Crippen LogP contribution in [-0.2, 0) is 11.1 Å². The maximum absolute atomic E-state index is 6.98. The standard InChI is InChI=1S/C11H17NOP2/c1-8-3-4-10(9(2)6-12-14)5-11(8)7-13-15/h3-5,9,14H,6-7,15H2,1-2H3/i14T. The summed E-state index contributed by atoms with van der Waals surface area (Å²) in [6.07, 6.45) is 0. The van der Waals surface area contributed by atoms with Crippen LogP contribution in [-0.4, -0.2) is 7.82 Å². The molecule has 0 aliphatic carbocycles. The SMILES string of the molecule is [3H]P=NCC(C)c1ccc(C)c(COP)c1. The first-order valence-corrected chi connectivity index (χ1v) is 5.78. The van der Waals surface area contributed by atoms with E-state index in [0.29, 0.717) is 28.0 Å². The summed E-state index contributed by atoms with van der Waals surface area (Å²) < 4.78 is 16.1. The van der Waals surface area contributed by atoms with Gasteiger partial charge in [0.2, 0.25) is 0 Å². The van der Waals surface area contributed by atoms with Gasteiger partial charge >= 0.3 is 0 Å². The molecule has 1 aromatic rings. The van der Waals surface area contributed by atoms with Crippen molar-refractivity contribution in [2.24, 2.45) is 4.74 Å². The van der Waals surface area contributed by atoms with E-state index in [4.69, 9.17) is 5.80 Å². The Balaban J connectivity index is 2.84. The minimum Gasteiger partial charge on any atom is -0.361 e. The highest BCUT2D eigenvalue weighted by Crippen LogP contribution is 2.20. The first-order valence-electron chi connectivity index (χ1n) is 5.35. The third-order valence-corrected chi connectivity index (χ3v) is 2.87. The van der Waals surface area contributed by atoms with Crippen molar-refractivity contribution in [1.82, 2.24) is 0 Å². The van der Waals surface area contributed by atoms with Crippen molar-refractivity contribution in [1.29, 1.82) is 1.28 Å². The lowest BCUT2D eigenvalue weighted by molar-refractivity contribution is 0.360. The summed E-state index contributed by atoms with van der Waals surface area (Å²) in [5.41, 5.74) is 3.71. The van der Waals surface area contributed by atoms with Crippen LogP contribution in [0.15, 0.2) is 22.9 Å². The Kier molecular flexibility index (Phi) is 4.73. The van der Waals surface area contributed by atoms with Crippen molar-refractivity contribution in [2.75, 3.05) is 6.54 Å². The largest absolute Gasteiger partial charge is 0.361 e. The van der Waals surface area contributed by atoms with Crippen molar-refractivity contribution < 1.29 is 4.52 Å². The molecule has 4 heteroatoms. The van der Waals surface area contributed by atoms with E-state index in [2.05, 4.69) is 46.3 Å². The Morgan fingerprint density at radius 2 is 2.47 bits per heavy atom. The molecule has 0 saturated carbocycles. The summed E-state index contributed by atoms with van der Waals surface area (Å²) in [5.74, 6) is 0.363. The van der Waals surface area contributed by atoms with Gasteiger partial charge in [-0.1, -0.05) is 25.1 Å². The van der Waals surface area contributed by atoms with Gasteiger partial charge in [0, 0.05) is 21.9 Å². The van der Waals surface area contributed by atoms with E-state index >= 15 is 0 Å². The second-order valence-electron chi connectivity index (χ2n) is 3.72. The van der Waals surface area contributed by atoms with Gasteiger partial charge in [0.25, 0.3) is 0 Å². The van der Waals surface area contributed by atoms with Crippen molar-refractivity contribution in [3.8, 4) is 0 Å². The Morgan fingerprint density at radius 3 is 3.13 bits per heavy atom. The molecule has 0 heterocycles. The predicted octanol–water partition coefficient (Wildman–Crippen LogP) is 3.73. The van der Waals surface area contributed by atoms with Crippen molar-refractivity contribution in [2.45, 2.75) is 26.4 Å². The van der Waals surface area contributed by atoms with Gasteiger partial charge in [0.15, 0.2) is 0 Å². The van der Waals surface area contributed by atoms with E-state index in [9.17, 15) is 0 Å². The summed E-state index contributed by atoms with van der Waals surface area (Å²) in [6.45, 7) is 5.53. The molecule has 0 radical (unpaired) electrons. The maximum Gasteiger partial charge on any atom is 0.114 e. The third kappa shape index (κ3) is 3.65. The number of nitrogens with zero attached hydrogens (tertiary/aromatic N) is 1. The molecule has 0 N–H and O–H groups in total. The molecule has 0 spiro atoms. The Morgan fingerprint density at radius 1 is 1.67 bits per heavy atom. The van der Waals surface area contributed by atoms with E-state index in [1.807, 2.05) is 0 Å². The highest BCUT2D eigenvalue weighted by molar-refractivity contribution is 7.09. The molecule has 1 aromatic carbocycles. The van der Waals surface area contributed by atoms with Crippen LogP contribution in [0.2, 0.25) is 0 Å². The fourth-order valence-corrected chi connectivity index (χ4v) is 1.90. The van der Waals surface area contributed by atoms with Crippen LogP contribution >= 0.6 is 18.4 Å². The summed E-state index contributed by atoms with van der Waals surface area (Å²) in [4.78, 5) is 0. The van der Waals surface area contributed by atoms with Crippen LogP contribution in [0.4, 0.5) is 0 Å². The Labute approximate surface area is 97.3 Å². The van der Waals surface area contributed by atoms with Gasteiger partial charge in [-0.05, 0) is 32.6 Å². The molecule has 2 atom stereocenters. The average molecular weight is 243 g/mol. The normalized spacial score (nSPS) is 14.2. The summed E-state index contributed by atoms with van der Waals surface area (Å²) >= 11 is 0. The van der Waals surface area contributed by atoms with Gasteiger partial charge < -0.3 is 4.52 Å². The lowest BCUT2D eigenvalue weighted by Crippen LogP contribution is -1.99. The highest BCUT2D eigenvalue weighted by atomic mass is 31.0. The Hall–Kier alpha value is -0.290. The smallest absolute Gasteiger partial charge is 0.114 e. The zero-order chi connectivity index (χ0) is 12.0. The zero-order valence-electron chi connectivity index (χ0n) is 10.1. The molecule has 15 heavy (non-hydrogen) atoms. The highest BCUT2D eigenvalue weighted by Gasteiger charge is 2.06. The van der Waals surface area contributed by atoms with Gasteiger partial charge in [-0.3, -0.25) is 4.74 Å². The number of aryl methyl sites for hydroxylation is 1. The van der Waals surface area contributed by atoms with Gasteiger partial charge in [-0.2, -0.15) is 0 Å². The minimum atomic E-state index is 0.363. The molecule has 0 amide bonds. The van der Waals surface area contributed by atoms with Gasteiger partial charge in [-0.15, -0.1) is 0 Å². The van der Waals surface area contributed by atoms with Crippen LogP contribution < -0.4 is 0 Å². The predicted molar refractivity (Wildman–Crippen MR) is 69.7 cm³/mol. The third-order valence-electron chi connectivity index (χ3n) is 2.54. The first kappa shape index (κ1) is 11.2. The molecule has 0 bridgehead atoms. The molecule has 2 unspecified atom stereocenters. The minimum absolute atomic E-state index is 0.363. The lowest BCUT2D eigenvalue weighted by Gasteiger charge is -2.12. The number of hydrogen-bond acceptors (Lipinski definition) is 2. The van der Waals surface area contributed by atoms with Gasteiger partial charge in [0.1, 0.15) is 1.28 Å². The van der Waals surface area contributed by atoms with E-state index in [1.54, 1.807) is 0 Å². The quantitative estimate of drug-likeness (QED) is 0.722. The van der Waals surface area contributed by atoms with Crippen LogP contribution in [0.25, 0.3) is 0 Å². The van der Waals surface area contributed by atoms with Gasteiger partial charge in [0.05, 0.1) is 6.61 Å². The van der Waals surface area contributed by atoms with E-state index in [-0.39, 0.29) is 0 Å². The molecular weight excluding hydrogens is 224 g/mol. The Bertz CT molecular complexity index is 371. The van der Waals surface area contributed by atoms with Crippen LogP contribution in [0, 0.1) is 6.92 Å². The van der Waals surface area contributed by atoms with E-state index in [0.717, 1.165) is 0 Å². The second kappa shape index (κ2) is 6.33. The lowest BCUT2D eigenvalue weighted by atomic mass is 9.97. The molecular formula is C11H17NOP2. The number of benzene rings is 1. The molecule has 2 nitrogen and oxygen atoms in total.